The molecule has 15 rings (SSSR count). The number of rotatable bonds is 0. The van der Waals surface area contributed by atoms with E-state index in [9.17, 15) is 0 Å². The fraction of sp³-hybridized carbons (Fsp3) is 0.241. The lowest BCUT2D eigenvalue weighted by Crippen LogP contribution is -2.14. The van der Waals surface area contributed by atoms with Crippen LogP contribution in [0.25, 0.3) is 111 Å². The molecule has 7 aromatic carbocycles. The third kappa shape index (κ3) is 3.76. The molecule has 2 aliphatic carbocycles. The molecule has 6 heterocycles. The van der Waals surface area contributed by atoms with E-state index in [0.29, 0.717) is 0 Å². The van der Waals surface area contributed by atoms with Gasteiger partial charge in [-0.1, -0.05) is 142 Å². The minimum absolute atomic E-state index is 0.0465. The molecular weight excluding hydrogens is 781 g/mol. The van der Waals surface area contributed by atoms with Crippen molar-refractivity contribution in [3.05, 3.63) is 143 Å². The number of nitrogens with zero attached hydrogens (tertiary/aromatic N) is 6. The lowest BCUT2D eigenvalue weighted by Gasteiger charge is -2.21. The van der Waals surface area contributed by atoms with Gasteiger partial charge in [0.2, 0.25) is 11.6 Å². The van der Waals surface area contributed by atoms with Crippen LogP contribution in [0.5, 0.6) is 0 Å². The Kier molecular flexibility index (Phi) is 5.85. The van der Waals surface area contributed by atoms with Crippen molar-refractivity contribution in [3.63, 3.8) is 0 Å². The summed E-state index contributed by atoms with van der Waals surface area (Å²) in [5.74, 6) is 1.92. The maximum Gasteiger partial charge on any atom is 0.220 e. The van der Waals surface area contributed by atoms with Crippen molar-refractivity contribution < 1.29 is 0 Å². The van der Waals surface area contributed by atoms with Crippen LogP contribution in [0.2, 0.25) is 0 Å². The van der Waals surface area contributed by atoms with Crippen molar-refractivity contribution in [2.75, 3.05) is 0 Å². The number of benzene rings is 7. The molecule has 0 N–H and O–H groups in total. The Labute approximate surface area is 370 Å². The van der Waals surface area contributed by atoms with Gasteiger partial charge in [-0.2, -0.15) is 0 Å². The van der Waals surface area contributed by atoms with Gasteiger partial charge in [0.15, 0.2) is 0 Å². The molecule has 0 unspecified atom stereocenters. The highest BCUT2D eigenvalue weighted by atomic mass is 15.2. The summed E-state index contributed by atoms with van der Waals surface area (Å²) in [6, 6.07) is 41.7. The van der Waals surface area contributed by atoms with Gasteiger partial charge in [-0.3, -0.25) is 17.6 Å². The number of hydrogen-bond acceptors (Lipinski definition) is 2. The maximum atomic E-state index is 5.70. The molecular formula is C58H48N6. The molecule has 2 aliphatic rings. The van der Waals surface area contributed by atoms with E-state index in [4.69, 9.17) is 9.97 Å². The number of fused-ring (bicyclic) bond motifs is 26. The second-order valence-corrected chi connectivity index (χ2v) is 22.3. The molecule has 0 saturated carbocycles. The monoisotopic (exact) mass is 828 g/mol. The molecule has 0 atom stereocenters. The van der Waals surface area contributed by atoms with Crippen molar-refractivity contribution in [1.82, 2.24) is 27.6 Å². The summed E-state index contributed by atoms with van der Waals surface area (Å²) >= 11 is 0. The first-order chi connectivity index (χ1) is 30.6. The van der Waals surface area contributed by atoms with Gasteiger partial charge in [-0.15, -0.1) is 0 Å². The molecule has 0 radical (unpaired) electrons. The number of aromatic nitrogens is 6. The van der Waals surface area contributed by atoms with E-state index in [1.807, 2.05) is 0 Å². The van der Waals surface area contributed by atoms with Gasteiger partial charge >= 0.3 is 0 Å². The fourth-order valence-corrected chi connectivity index (χ4v) is 12.9. The summed E-state index contributed by atoms with van der Waals surface area (Å²) in [5, 5.41) is 5.03. The molecule has 0 saturated heterocycles. The van der Waals surface area contributed by atoms with E-state index in [1.165, 1.54) is 121 Å². The zero-order valence-electron chi connectivity index (χ0n) is 38.1. The normalized spacial score (nSPS) is 15.9. The Bertz CT molecular complexity index is 4030. The Morgan fingerprint density at radius 2 is 0.797 bits per heavy atom. The zero-order chi connectivity index (χ0) is 43.5. The average molecular weight is 829 g/mol. The smallest absolute Gasteiger partial charge is 0.220 e. The summed E-state index contributed by atoms with van der Waals surface area (Å²) in [6.45, 7) is 23.5. The average Bonchev–Trinajstić information content (AvgIpc) is 4.12. The minimum Gasteiger partial charge on any atom is -0.277 e. The van der Waals surface area contributed by atoms with E-state index in [0.717, 1.165) is 22.6 Å². The van der Waals surface area contributed by atoms with Crippen molar-refractivity contribution in [2.45, 2.75) is 90.9 Å². The van der Waals surface area contributed by atoms with Crippen molar-refractivity contribution >= 4 is 88.3 Å². The largest absolute Gasteiger partial charge is 0.277 e. The molecule has 0 bridgehead atoms. The van der Waals surface area contributed by atoms with E-state index >= 15 is 0 Å². The van der Waals surface area contributed by atoms with Gasteiger partial charge in [-0.05, 0) is 91.7 Å². The highest BCUT2D eigenvalue weighted by Gasteiger charge is 2.41. The maximum absolute atomic E-state index is 5.70. The first-order valence-corrected chi connectivity index (χ1v) is 23.0. The van der Waals surface area contributed by atoms with E-state index in [-0.39, 0.29) is 21.7 Å². The van der Waals surface area contributed by atoms with Gasteiger partial charge in [0.25, 0.3) is 0 Å². The van der Waals surface area contributed by atoms with Gasteiger partial charge in [0, 0.05) is 43.5 Å². The fourth-order valence-electron chi connectivity index (χ4n) is 12.9. The SMILES string of the molecule is CC(C)(C)c1ccc2c(c1)c1c3c(c4c5cc(C(C)(C)C)ccc5n5c4c1n1c4c6c(ccc4nc51)C(C)(C)c1ccccc1-6)n1c4c5c(ccc4nc1n23)C(C)(C)c1ccccc1-5. The van der Waals surface area contributed by atoms with Crippen LogP contribution in [0, 0.1) is 0 Å². The summed E-state index contributed by atoms with van der Waals surface area (Å²) in [6.07, 6.45) is 0. The Balaban J connectivity index is 1.28. The predicted molar refractivity (Wildman–Crippen MR) is 266 cm³/mol. The standard InChI is InChI=1S/C58H48N6/c1-55(2,3)29-19-25-41-33(27-29)45-49-52(64-48-40(59-53(64)61(41)49)24-22-38-44(48)32-16-12-14-18-36(32)58(38,9)10)46-34-28-30(56(4,5)6)20-26-42(34)62-50(46)51(45)63-47-39(60-54(62)63)23-21-37-43(47)31-15-11-13-17-35(31)57(37,7)8/h11-28H,1-10H3. The molecule has 13 aromatic rings. The molecule has 0 aliphatic heterocycles. The molecule has 6 nitrogen and oxygen atoms in total. The lowest BCUT2D eigenvalue weighted by atomic mass is 9.82. The first-order valence-electron chi connectivity index (χ1n) is 23.0. The Hall–Kier alpha value is -6.92. The van der Waals surface area contributed by atoms with Crippen LogP contribution in [-0.2, 0) is 21.7 Å². The summed E-state index contributed by atoms with van der Waals surface area (Å²) in [7, 11) is 0. The molecule has 0 amide bonds. The molecule has 6 heteroatoms. The quantitative estimate of drug-likeness (QED) is 0.153. The highest BCUT2D eigenvalue weighted by molar-refractivity contribution is 6.37. The molecule has 0 spiro atoms. The van der Waals surface area contributed by atoms with Crippen LogP contribution in [0.4, 0.5) is 0 Å². The van der Waals surface area contributed by atoms with Crippen molar-refractivity contribution in [2.24, 2.45) is 0 Å². The van der Waals surface area contributed by atoms with Gasteiger partial charge in [-0.25, -0.2) is 9.97 Å². The molecule has 310 valence electrons. The van der Waals surface area contributed by atoms with Crippen LogP contribution in [-0.4, -0.2) is 27.6 Å². The lowest BCUT2D eigenvalue weighted by molar-refractivity contribution is 0.591. The molecule has 6 aromatic heterocycles. The van der Waals surface area contributed by atoms with E-state index in [1.54, 1.807) is 0 Å². The first kappa shape index (κ1) is 35.5. The van der Waals surface area contributed by atoms with Gasteiger partial charge in [0.05, 0.1) is 55.2 Å². The van der Waals surface area contributed by atoms with Crippen molar-refractivity contribution in [3.8, 4) is 22.3 Å². The highest BCUT2D eigenvalue weighted by Crippen LogP contribution is 2.56. The predicted octanol–water partition coefficient (Wildman–Crippen LogP) is 14.5. The van der Waals surface area contributed by atoms with Crippen LogP contribution in [0.1, 0.15) is 103 Å². The zero-order valence-corrected chi connectivity index (χ0v) is 38.1. The van der Waals surface area contributed by atoms with Crippen molar-refractivity contribution in [1.29, 1.82) is 0 Å². The second kappa shape index (κ2) is 10.5. The van der Waals surface area contributed by atoms with Gasteiger partial charge < -0.3 is 0 Å². The second-order valence-electron chi connectivity index (χ2n) is 22.3. The molecule has 64 heavy (non-hydrogen) atoms. The third-order valence-corrected chi connectivity index (χ3v) is 16.1. The van der Waals surface area contributed by atoms with Crippen LogP contribution < -0.4 is 0 Å². The number of imidazole rings is 4. The van der Waals surface area contributed by atoms with Gasteiger partial charge in [0.1, 0.15) is 0 Å². The summed E-state index contributed by atoms with van der Waals surface area (Å²) in [4.78, 5) is 11.4. The van der Waals surface area contributed by atoms with E-state index in [2.05, 4.69) is 196 Å². The van der Waals surface area contributed by atoms with Crippen LogP contribution >= 0.6 is 0 Å². The third-order valence-electron chi connectivity index (χ3n) is 16.1. The topological polar surface area (TPSA) is 43.4 Å². The number of hydrogen-bond donors (Lipinski definition) is 0. The summed E-state index contributed by atoms with van der Waals surface area (Å²) < 4.78 is 10.2. The minimum atomic E-state index is -0.145. The van der Waals surface area contributed by atoms with Crippen LogP contribution in [0.3, 0.4) is 0 Å². The van der Waals surface area contributed by atoms with Crippen LogP contribution in [0.15, 0.2) is 109 Å². The Morgan fingerprint density at radius 3 is 1.20 bits per heavy atom. The Morgan fingerprint density at radius 1 is 0.406 bits per heavy atom. The van der Waals surface area contributed by atoms with E-state index < -0.39 is 0 Å². The summed E-state index contributed by atoms with van der Waals surface area (Å²) in [5.41, 5.74) is 24.6. The molecule has 0 fully saturated rings.